The average Bonchev–Trinajstić information content (AvgIpc) is 2.62. The van der Waals surface area contributed by atoms with Crippen LogP contribution in [-0.4, -0.2) is 64.5 Å². The third-order valence-corrected chi connectivity index (χ3v) is 3.29. The molecule has 100 valence electrons. The second kappa shape index (κ2) is 4.39. The Hall–Kier alpha value is -1.35. The van der Waals surface area contributed by atoms with Crippen LogP contribution in [0.1, 0.15) is 6.92 Å². The average molecular weight is 258 g/mol. The molecule has 2 heterocycles. The van der Waals surface area contributed by atoms with Gasteiger partial charge in [-0.3, -0.25) is 10.1 Å². The molecule has 18 heavy (non-hydrogen) atoms. The first-order valence-corrected chi connectivity index (χ1v) is 5.43. The van der Waals surface area contributed by atoms with E-state index in [9.17, 15) is 19.8 Å². The maximum atomic E-state index is 11.8. The summed E-state index contributed by atoms with van der Waals surface area (Å²) >= 11 is 0. The molecule has 5 atom stereocenters. The largest absolute Gasteiger partial charge is 0.394 e. The van der Waals surface area contributed by atoms with Crippen LogP contribution < -0.4 is 5.32 Å². The first-order chi connectivity index (χ1) is 8.40. The summed E-state index contributed by atoms with van der Waals surface area (Å²) in [6, 6.07) is -0.788. The number of aliphatic imine (C=N–C) groups is 1. The predicted octanol–water partition coefficient (Wildman–Crippen LogP) is -2.21. The van der Waals surface area contributed by atoms with Crippen molar-refractivity contribution in [2.45, 2.75) is 31.3 Å². The molecule has 0 aromatic heterocycles. The lowest BCUT2D eigenvalue weighted by molar-refractivity contribution is -0.136. The molecule has 2 aliphatic rings. The van der Waals surface area contributed by atoms with E-state index in [-0.39, 0.29) is 0 Å². The van der Waals surface area contributed by atoms with E-state index >= 15 is 0 Å². The van der Waals surface area contributed by atoms with Crippen molar-refractivity contribution in [3.05, 3.63) is 0 Å². The summed E-state index contributed by atoms with van der Waals surface area (Å²) in [4.78, 5) is 26.2. The van der Waals surface area contributed by atoms with Gasteiger partial charge in [-0.05, 0) is 6.92 Å². The quantitative estimate of drug-likeness (QED) is 0.444. The van der Waals surface area contributed by atoms with Gasteiger partial charge in [0.2, 0.25) is 5.91 Å². The van der Waals surface area contributed by atoms with Gasteiger partial charge in [0.15, 0.2) is 0 Å². The number of carbonyl (C=O) groups is 2. The highest BCUT2D eigenvalue weighted by Crippen LogP contribution is 2.34. The normalized spacial score (nSPS) is 44.2. The van der Waals surface area contributed by atoms with Gasteiger partial charge in [-0.25, -0.2) is 9.79 Å². The Morgan fingerprint density at radius 2 is 2.11 bits per heavy atom. The van der Waals surface area contributed by atoms with Gasteiger partial charge in [0.05, 0.1) is 6.61 Å². The molecule has 1 fully saturated rings. The Labute approximate surface area is 102 Å². The number of nitrogens with zero attached hydrogens (tertiary/aromatic N) is 1. The number of ether oxygens (including phenoxy) is 1. The molecule has 1 unspecified atom stereocenters. The van der Waals surface area contributed by atoms with E-state index in [2.05, 4.69) is 4.99 Å². The van der Waals surface area contributed by atoms with E-state index in [1.165, 1.54) is 6.92 Å². The summed E-state index contributed by atoms with van der Waals surface area (Å²) in [5, 5.41) is 30.5. The van der Waals surface area contributed by atoms with Gasteiger partial charge >= 0.3 is 6.03 Å². The Morgan fingerprint density at radius 3 is 2.61 bits per heavy atom. The Kier molecular flexibility index (Phi) is 3.20. The Balaban J connectivity index is 2.29. The van der Waals surface area contributed by atoms with Crippen molar-refractivity contribution in [2.24, 2.45) is 10.4 Å². The fraction of sp³-hybridized carbons (Fsp3) is 0.700. The molecular formula is C10H14N2O6. The van der Waals surface area contributed by atoms with Crippen molar-refractivity contribution in [3.8, 4) is 0 Å². The maximum Gasteiger partial charge on any atom is 0.347 e. The Morgan fingerprint density at radius 1 is 1.44 bits per heavy atom. The summed E-state index contributed by atoms with van der Waals surface area (Å²) in [6.45, 7) is 0.946. The molecule has 2 aliphatic heterocycles. The standard InChI is InChI=1S/C10H14N2O6/c1-10(3-11-9(17)12-8(10)16)7-6(15)5(14)4(2-13)18-7/h3-7,13-15H,2H2,1H3,(H,12,16,17)/t4-,5-,6-,7-,10?/m1/s1. The van der Waals surface area contributed by atoms with Gasteiger partial charge in [-0.1, -0.05) is 0 Å². The minimum Gasteiger partial charge on any atom is -0.394 e. The highest BCUT2D eigenvalue weighted by molar-refractivity contribution is 6.12. The van der Waals surface area contributed by atoms with Crippen molar-refractivity contribution in [1.82, 2.24) is 5.32 Å². The number of carbonyl (C=O) groups excluding carboxylic acids is 2. The van der Waals surface area contributed by atoms with Crippen molar-refractivity contribution in [2.75, 3.05) is 6.61 Å². The minimum absolute atomic E-state index is 0.484. The number of aliphatic hydroxyl groups is 3. The van der Waals surface area contributed by atoms with Gasteiger partial charge in [0, 0.05) is 6.21 Å². The van der Waals surface area contributed by atoms with E-state index in [0.29, 0.717) is 0 Å². The number of aliphatic hydroxyl groups excluding tert-OH is 3. The predicted molar refractivity (Wildman–Crippen MR) is 57.9 cm³/mol. The van der Waals surface area contributed by atoms with Crippen LogP contribution >= 0.6 is 0 Å². The molecule has 0 aliphatic carbocycles. The third-order valence-electron chi connectivity index (χ3n) is 3.29. The van der Waals surface area contributed by atoms with Crippen molar-refractivity contribution in [3.63, 3.8) is 0 Å². The van der Waals surface area contributed by atoms with Crippen LogP contribution in [0.2, 0.25) is 0 Å². The molecule has 0 bridgehead atoms. The number of nitrogens with one attached hydrogen (secondary N) is 1. The first-order valence-electron chi connectivity index (χ1n) is 5.43. The van der Waals surface area contributed by atoms with E-state index in [1.807, 2.05) is 5.32 Å². The molecule has 0 aromatic rings. The number of imide groups is 1. The third kappa shape index (κ3) is 1.83. The van der Waals surface area contributed by atoms with Gasteiger partial charge in [0.1, 0.15) is 29.8 Å². The summed E-state index contributed by atoms with van der Waals surface area (Å²) in [6.07, 6.45) is -3.61. The molecular weight excluding hydrogens is 244 g/mol. The van der Waals surface area contributed by atoms with Gasteiger partial charge < -0.3 is 20.1 Å². The fourth-order valence-electron chi connectivity index (χ4n) is 2.11. The second-order valence-corrected chi connectivity index (χ2v) is 4.56. The fourth-order valence-corrected chi connectivity index (χ4v) is 2.11. The zero-order valence-corrected chi connectivity index (χ0v) is 9.61. The molecule has 0 radical (unpaired) electrons. The van der Waals surface area contributed by atoms with Gasteiger partial charge in [0.25, 0.3) is 0 Å². The smallest absolute Gasteiger partial charge is 0.347 e. The lowest BCUT2D eigenvalue weighted by Gasteiger charge is -2.33. The molecule has 8 heteroatoms. The van der Waals surface area contributed by atoms with Crippen molar-refractivity contribution in [1.29, 1.82) is 0 Å². The second-order valence-electron chi connectivity index (χ2n) is 4.56. The molecule has 0 spiro atoms. The summed E-state index contributed by atoms with van der Waals surface area (Å²) < 4.78 is 5.27. The van der Waals surface area contributed by atoms with Gasteiger partial charge in [-0.2, -0.15) is 0 Å². The first kappa shape index (κ1) is 13.1. The molecule has 4 N–H and O–H groups in total. The molecule has 0 saturated carbocycles. The van der Waals surface area contributed by atoms with Crippen LogP contribution in [0.4, 0.5) is 4.79 Å². The summed E-state index contributed by atoms with van der Waals surface area (Å²) in [7, 11) is 0. The topological polar surface area (TPSA) is 128 Å². The monoisotopic (exact) mass is 258 g/mol. The highest BCUT2D eigenvalue weighted by Gasteiger charge is 2.55. The number of hydrogen-bond donors (Lipinski definition) is 4. The van der Waals surface area contributed by atoms with E-state index in [1.54, 1.807) is 0 Å². The minimum atomic E-state index is -1.38. The SMILES string of the molecule is CC1([C@@H]2O[C@H](CO)[C@@H](O)[C@H]2O)C=NC(=O)NC1=O. The zero-order valence-electron chi connectivity index (χ0n) is 9.61. The van der Waals surface area contributed by atoms with Crippen LogP contribution in [0.3, 0.4) is 0 Å². The lowest BCUT2D eigenvalue weighted by atomic mass is 9.80. The van der Waals surface area contributed by atoms with E-state index in [4.69, 9.17) is 9.84 Å². The number of hydrogen-bond acceptors (Lipinski definition) is 6. The molecule has 8 nitrogen and oxygen atoms in total. The lowest BCUT2D eigenvalue weighted by Crippen LogP contribution is -2.55. The number of amides is 3. The van der Waals surface area contributed by atoms with Crippen LogP contribution in [0.25, 0.3) is 0 Å². The highest BCUT2D eigenvalue weighted by atomic mass is 16.6. The molecule has 0 aromatic carbocycles. The van der Waals surface area contributed by atoms with Crippen LogP contribution in [0.15, 0.2) is 4.99 Å². The number of urea groups is 1. The summed E-state index contributed by atoms with van der Waals surface area (Å²) in [5.74, 6) is -0.669. The maximum absolute atomic E-state index is 11.8. The van der Waals surface area contributed by atoms with E-state index in [0.717, 1.165) is 6.21 Å². The van der Waals surface area contributed by atoms with Crippen molar-refractivity contribution >= 4 is 18.2 Å². The van der Waals surface area contributed by atoms with Crippen LogP contribution in [0.5, 0.6) is 0 Å². The molecule has 2 rings (SSSR count). The number of rotatable bonds is 2. The van der Waals surface area contributed by atoms with Crippen LogP contribution in [0, 0.1) is 5.41 Å². The van der Waals surface area contributed by atoms with Crippen molar-refractivity contribution < 1.29 is 29.6 Å². The van der Waals surface area contributed by atoms with Crippen LogP contribution in [-0.2, 0) is 9.53 Å². The van der Waals surface area contributed by atoms with Gasteiger partial charge in [-0.15, -0.1) is 0 Å². The zero-order chi connectivity index (χ0) is 13.5. The molecule has 3 amide bonds. The molecule has 1 saturated heterocycles. The Bertz CT molecular complexity index is 411. The van der Waals surface area contributed by atoms with E-state index < -0.39 is 48.4 Å². The summed E-state index contributed by atoms with van der Waals surface area (Å²) in [5.41, 5.74) is -1.38.